The van der Waals surface area contributed by atoms with Gasteiger partial charge in [0.25, 0.3) is 0 Å². The van der Waals surface area contributed by atoms with Gasteiger partial charge in [0.2, 0.25) is 0 Å². The van der Waals surface area contributed by atoms with Gasteiger partial charge in [-0.1, -0.05) is 42.3 Å². The van der Waals surface area contributed by atoms with Gasteiger partial charge in [-0.25, -0.2) is 0 Å². The first-order chi connectivity index (χ1) is 11.7. The fourth-order valence-electron chi connectivity index (χ4n) is 2.62. The van der Waals surface area contributed by atoms with E-state index >= 15 is 0 Å². The van der Waals surface area contributed by atoms with Crippen LogP contribution in [0.1, 0.15) is 5.56 Å². The molecule has 0 heterocycles. The van der Waals surface area contributed by atoms with Crippen LogP contribution in [0.15, 0.2) is 60.7 Å². The van der Waals surface area contributed by atoms with E-state index in [0.717, 1.165) is 17.9 Å². The highest BCUT2D eigenvalue weighted by Gasteiger charge is 2.06. The minimum atomic E-state index is 0.718. The number of rotatable bonds is 3. The van der Waals surface area contributed by atoms with Crippen LogP contribution < -0.4 is 9.64 Å². The summed E-state index contributed by atoms with van der Waals surface area (Å²) in [4.78, 5) is 2.01. The molecule has 0 radical (unpaired) electrons. The van der Waals surface area contributed by atoms with Crippen molar-refractivity contribution in [3.8, 4) is 17.7 Å². The Labute approximate surface area is 156 Å². The lowest BCUT2D eigenvalue weighted by atomic mass is 10.1. The molecule has 0 bridgehead atoms. The topological polar surface area (TPSA) is 12.5 Å². The molecule has 0 fully saturated rings. The third-order valence-corrected chi connectivity index (χ3v) is 4.79. The maximum Gasteiger partial charge on any atom is 0.118 e. The van der Waals surface area contributed by atoms with E-state index in [4.69, 9.17) is 4.74 Å². The molecule has 0 aromatic heterocycles. The quantitative estimate of drug-likeness (QED) is 0.328. The first-order valence-electron chi connectivity index (χ1n) is 7.71. The van der Waals surface area contributed by atoms with Crippen LogP contribution in [-0.2, 0) is 6.42 Å². The summed E-state index contributed by atoms with van der Waals surface area (Å²) < 4.78 is 6.42. The van der Waals surface area contributed by atoms with E-state index in [2.05, 4.69) is 71.0 Å². The van der Waals surface area contributed by atoms with E-state index < -0.39 is 0 Å². The molecule has 0 N–H and O–H groups in total. The predicted molar refractivity (Wildman–Crippen MR) is 110 cm³/mol. The van der Waals surface area contributed by atoms with E-state index in [1.807, 2.05) is 36.2 Å². The number of halogens is 1. The van der Waals surface area contributed by atoms with Gasteiger partial charge in [0.15, 0.2) is 0 Å². The molecule has 3 aromatic rings. The summed E-state index contributed by atoms with van der Waals surface area (Å²) in [6.45, 7) is 0. The van der Waals surface area contributed by atoms with E-state index in [0.29, 0.717) is 0 Å². The summed E-state index contributed by atoms with van der Waals surface area (Å²) >= 11 is 2.38. The summed E-state index contributed by atoms with van der Waals surface area (Å²) in [6, 6.07) is 24.0. The minimum Gasteiger partial charge on any atom is -0.497 e. The molecular formula is C21H18INO. The maximum atomic E-state index is 5.18. The third kappa shape index (κ3) is 3.65. The van der Waals surface area contributed by atoms with Crippen molar-refractivity contribution in [3.05, 3.63) is 69.8 Å². The Kier molecular flexibility index (Phi) is 5.27. The zero-order valence-electron chi connectivity index (χ0n) is 13.7. The molecule has 0 aliphatic rings. The molecule has 3 aromatic carbocycles. The van der Waals surface area contributed by atoms with Crippen LogP contribution in [0.3, 0.4) is 0 Å². The van der Waals surface area contributed by atoms with Crippen molar-refractivity contribution in [3.63, 3.8) is 0 Å². The van der Waals surface area contributed by atoms with E-state index in [1.165, 1.54) is 19.9 Å². The van der Waals surface area contributed by atoms with Crippen molar-refractivity contribution < 1.29 is 4.74 Å². The first-order valence-corrected chi connectivity index (χ1v) is 8.79. The van der Waals surface area contributed by atoms with Crippen molar-refractivity contribution in [2.24, 2.45) is 0 Å². The fraction of sp³-hybridized carbons (Fsp3) is 0.143. The number of benzene rings is 3. The molecule has 3 heteroatoms. The van der Waals surface area contributed by atoms with Crippen LogP contribution in [0.25, 0.3) is 10.8 Å². The zero-order chi connectivity index (χ0) is 16.9. The molecule has 0 unspecified atom stereocenters. The lowest BCUT2D eigenvalue weighted by Crippen LogP contribution is -2.09. The van der Waals surface area contributed by atoms with Gasteiger partial charge >= 0.3 is 0 Å². The Morgan fingerprint density at radius 2 is 1.71 bits per heavy atom. The van der Waals surface area contributed by atoms with Gasteiger partial charge in [-0.3, -0.25) is 0 Å². The Morgan fingerprint density at radius 3 is 2.42 bits per heavy atom. The Hall–Kier alpha value is -2.19. The predicted octanol–water partition coefficient (Wildman–Crippen LogP) is 5.09. The number of methoxy groups -OCH3 is 1. The van der Waals surface area contributed by atoms with Crippen molar-refractivity contribution in [1.82, 2.24) is 0 Å². The van der Waals surface area contributed by atoms with Gasteiger partial charge in [0.05, 0.1) is 12.8 Å². The van der Waals surface area contributed by atoms with E-state index in [1.54, 1.807) is 7.11 Å². The van der Waals surface area contributed by atoms with Gasteiger partial charge in [0, 0.05) is 28.5 Å². The number of hydrogen-bond donors (Lipinski definition) is 0. The molecule has 0 amide bonds. The molecule has 120 valence electrons. The molecular weight excluding hydrogens is 409 g/mol. The lowest BCUT2D eigenvalue weighted by Gasteiger charge is -2.15. The average molecular weight is 427 g/mol. The van der Waals surface area contributed by atoms with Crippen molar-refractivity contribution >= 4 is 39.1 Å². The second-order valence-electron chi connectivity index (χ2n) is 5.49. The van der Waals surface area contributed by atoms with Crippen molar-refractivity contribution in [2.75, 3.05) is 19.1 Å². The van der Waals surface area contributed by atoms with Crippen molar-refractivity contribution in [1.29, 1.82) is 0 Å². The largest absolute Gasteiger partial charge is 0.497 e. The van der Waals surface area contributed by atoms with E-state index in [-0.39, 0.29) is 0 Å². The smallest absolute Gasteiger partial charge is 0.118 e. The normalized spacial score (nSPS) is 10.1. The number of fused-ring (bicyclic) bond motifs is 1. The molecule has 0 atom stereocenters. The third-order valence-electron chi connectivity index (χ3n) is 3.89. The second kappa shape index (κ2) is 7.59. The molecule has 24 heavy (non-hydrogen) atoms. The summed E-state index contributed by atoms with van der Waals surface area (Å²) in [6.07, 6.45) is 0.718. The lowest BCUT2D eigenvalue weighted by molar-refractivity contribution is 0.414. The molecule has 3 rings (SSSR count). The molecule has 0 saturated carbocycles. The first kappa shape index (κ1) is 16.7. The monoisotopic (exact) mass is 427 g/mol. The molecule has 0 saturated heterocycles. The van der Waals surface area contributed by atoms with Crippen LogP contribution >= 0.6 is 22.6 Å². The highest BCUT2D eigenvalue weighted by molar-refractivity contribution is 14.1. The van der Waals surface area contributed by atoms with Crippen LogP contribution in [0.5, 0.6) is 5.75 Å². The zero-order valence-corrected chi connectivity index (χ0v) is 15.9. The van der Waals surface area contributed by atoms with Gasteiger partial charge in [-0.05, 0) is 57.8 Å². The average Bonchev–Trinajstić information content (AvgIpc) is 2.62. The van der Waals surface area contributed by atoms with Gasteiger partial charge in [0.1, 0.15) is 5.75 Å². The highest BCUT2D eigenvalue weighted by Crippen LogP contribution is 2.29. The van der Waals surface area contributed by atoms with Crippen LogP contribution in [-0.4, -0.2) is 14.2 Å². The van der Waals surface area contributed by atoms with E-state index in [9.17, 15) is 0 Å². The highest BCUT2D eigenvalue weighted by atomic mass is 127. The number of anilines is 1. The van der Waals surface area contributed by atoms with Crippen LogP contribution in [0.4, 0.5) is 5.69 Å². The Morgan fingerprint density at radius 1 is 1.00 bits per heavy atom. The molecule has 0 spiro atoms. The Balaban J connectivity index is 1.82. The van der Waals surface area contributed by atoms with Gasteiger partial charge in [-0.15, -0.1) is 0 Å². The standard InChI is InChI=1S/C21H18INO/c1-23(15-5-6-16-11-13-18(24-2)14-12-16)20-10-4-8-17-7-3-9-19(22)21(17)20/h3-4,7-14H,6H2,1-2H3. The van der Waals surface area contributed by atoms with Crippen LogP contribution in [0, 0.1) is 15.5 Å². The Bertz CT molecular complexity index is 901. The number of nitrogens with zero attached hydrogens (tertiary/aromatic N) is 1. The van der Waals surface area contributed by atoms with Gasteiger partial charge in [-0.2, -0.15) is 0 Å². The van der Waals surface area contributed by atoms with Crippen molar-refractivity contribution in [2.45, 2.75) is 6.42 Å². The number of ether oxygens (including phenoxy) is 1. The summed E-state index contributed by atoms with van der Waals surface area (Å²) in [5.41, 5.74) is 2.32. The maximum absolute atomic E-state index is 5.18. The summed E-state index contributed by atoms with van der Waals surface area (Å²) in [5, 5.41) is 2.49. The van der Waals surface area contributed by atoms with Crippen LogP contribution in [0.2, 0.25) is 0 Å². The summed E-state index contributed by atoms with van der Waals surface area (Å²) in [7, 11) is 3.69. The molecule has 0 aliphatic carbocycles. The molecule has 0 aliphatic heterocycles. The van der Waals surface area contributed by atoms with Gasteiger partial charge < -0.3 is 9.64 Å². The SMILES string of the molecule is COc1ccc(CC#CN(C)c2cccc3cccc(I)c23)cc1. The number of hydrogen-bond acceptors (Lipinski definition) is 2. The fourth-order valence-corrected chi connectivity index (χ4v) is 3.41. The summed E-state index contributed by atoms with van der Waals surface area (Å²) in [5.74, 6) is 4.12. The molecule has 2 nitrogen and oxygen atoms in total. The minimum absolute atomic E-state index is 0.718. The second-order valence-corrected chi connectivity index (χ2v) is 6.65.